The van der Waals surface area contributed by atoms with E-state index in [1.807, 2.05) is 0 Å². The van der Waals surface area contributed by atoms with Crippen molar-refractivity contribution in [2.45, 2.75) is 0 Å². The summed E-state index contributed by atoms with van der Waals surface area (Å²) in [6.07, 6.45) is 0. The van der Waals surface area contributed by atoms with E-state index < -0.39 is 11.6 Å². The Kier molecular flexibility index (Phi) is 4.05. The highest BCUT2D eigenvalue weighted by molar-refractivity contribution is 6.34. The number of hydrogen-bond acceptors (Lipinski definition) is 3. The van der Waals surface area contributed by atoms with Crippen molar-refractivity contribution in [3.63, 3.8) is 0 Å². The SMILES string of the molecule is NC(=NO)c1c(Cl)cccc1Oc1cccc(F)c1F. The van der Waals surface area contributed by atoms with Gasteiger partial charge >= 0.3 is 0 Å². The van der Waals surface area contributed by atoms with Crippen molar-refractivity contribution in [2.24, 2.45) is 10.9 Å². The fourth-order valence-corrected chi connectivity index (χ4v) is 1.83. The van der Waals surface area contributed by atoms with E-state index in [0.29, 0.717) is 0 Å². The minimum absolute atomic E-state index is 0.0392. The van der Waals surface area contributed by atoms with Gasteiger partial charge in [-0.2, -0.15) is 4.39 Å². The summed E-state index contributed by atoms with van der Waals surface area (Å²) in [6.45, 7) is 0. The minimum Gasteiger partial charge on any atom is -0.453 e. The molecule has 7 heteroatoms. The number of hydrogen-bond donors (Lipinski definition) is 2. The normalized spacial score (nSPS) is 11.4. The van der Waals surface area contributed by atoms with Crippen LogP contribution in [-0.2, 0) is 0 Å². The molecule has 0 spiro atoms. The largest absolute Gasteiger partial charge is 0.453 e. The third kappa shape index (κ3) is 2.65. The van der Waals surface area contributed by atoms with Gasteiger partial charge in [0.1, 0.15) is 5.75 Å². The molecule has 2 rings (SSSR count). The maximum atomic E-state index is 13.6. The first-order valence-corrected chi connectivity index (χ1v) is 5.80. The smallest absolute Gasteiger partial charge is 0.201 e. The Bertz CT molecular complexity index is 677. The highest BCUT2D eigenvalue weighted by atomic mass is 35.5. The molecule has 0 saturated carbocycles. The van der Waals surface area contributed by atoms with Crippen LogP contribution in [0.15, 0.2) is 41.6 Å². The van der Waals surface area contributed by atoms with Gasteiger partial charge in [0.25, 0.3) is 0 Å². The Hall–Kier alpha value is -2.34. The molecule has 0 amide bonds. The molecule has 2 aromatic carbocycles. The fourth-order valence-electron chi connectivity index (χ4n) is 1.57. The van der Waals surface area contributed by atoms with Crippen molar-refractivity contribution in [1.29, 1.82) is 0 Å². The number of benzene rings is 2. The maximum Gasteiger partial charge on any atom is 0.201 e. The Morgan fingerprint density at radius 2 is 1.80 bits per heavy atom. The highest BCUT2D eigenvalue weighted by Crippen LogP contribution is 2.32. The van der Waals surface area contributed by atoms with Gasteiger partial charge in [0.05, 0.1) is 10.6 Å². The number of amidine groups is 1. The fraction of sp³-hybridized carbons (Fsp3) is 0. The van der Waals surface area contributed by atoms with Crippen LogP contribution in [0.3, 0.4) is 0 Å². The maximum absolute atomic E-state index is 13.6. The van der Waals surface area contributed by atoms with Crippen molar-refractivity contribution >= 4 is 17.4 Å². The molecule has 0 unspecified atom stereocenters. The summed E-state index contributed by atoms with van der Waals surface area (Å²) in [5.41, 5.74) is 5.57. The van der Waals surface area contributed by atoms with E-state index in [-0.39, 0.29) is 27.9 Å². The van der Waals surface area contributed by atoms with Gasteiger partial charge in [0.15, 0.2) is 17.4 Å². The van der Waals surface area contributed by atoms with Crippen molar-refractivity contribution < 1.29 is 18.7 Å². The Labute approximate surface area is 118 Å². The lowest BCUT2D eigenvalue weighted by molar-refractivity contribution is 0.318. The number of nitrogens with zero attached hydrogens (tertiary/aromatic N) is 1. The molecule has 0 aliphatic carbocycles. The molecular formula is C13H9ClF2N2O2. The molecule has 0 fully saturated rings. The van der Waals surface area contributed by atoms with Crippen molar-refractivity contribution in [2.75, 3.05) is 0 Å². The molecule has 0 atom stereocenters. The van der Waals surface area contributed by atoms with E-state index in [2.05, 4.69) is 5.16 Å². The first-order chi connectivity index (χ1) is 9.54. The van der Waals surface area contributed by atoms with Gasteiger partial charge < -0.3 is 15.7 Å². The monoisotopic (exact) mass is 298 g/mol. The van der Waals surface area contributed by atoms with Crippen molar-refractivity contribution in [3.8, 4) is 11.5 Å². The van der Waals surface area contributed by atoms with Gasteiger partial charge in [-0.25, -0.2) is 4.39 Å². The number of rotatable bonds is 3. The van der Waals surface area contributed by atoms with Gasteiger partial charge in [0, 0.05) is 0 Å². The topological polar surface area (TPSA) is 67.8 Å². The summed E-state index contributed by atoms with van der Waals surface area (Å²) in [5.74, 6) is -2.79. The first-order valence-electron chi connectivity index (χ1n) is 5.43. The van der Waals surface area contributed by atoms with Crippen LogP contribution in [0.25, 0.3) is 0 Å². The van der Waals surface area contributed by atoms with E-state index in [1.165, 1.54) is 30.3 Å². The molecule has 0 saturated heterocycles. The number of oxime groups is 1. The zero-order chi connectivity index (χ0) is 14.7. The molecule has 104 valence electrons. The molecule has 0 aliphatic heterocycles. The zero-order valence-electron chi connectivity index (χ0n) is 9.98. The van der Waals surface area contributed by atoms with Gasteiger partial charge in [-0.3, -0.25) is 0 Å². The lowest BCUT2D eigenvalue weighted by Gasteiger charge is -2.12. The molecule has 20 heavy (non-hydrogen) atoms. The lowest BCUT2D eigenvalue weighted by Crippen LogP contribution is -2.15. The molecule has 4 nitrogen and oxygen atoms in total. The quantitative estimate of drug-likeness (QED) is 0.394. The number of halogens is 3. The second kappa shape index (κ2) is 5.75. The average Bonchev–Trinajstić information content (AvgIpc) is 2.43. The third-order valence-electron chi connectivity index (χ3n) is 2.48. The van der Waals surface area contributed by atoms with Gasteiger partial charge in [-0.05, 0) is 24.3 Å². The van der Waals surface area contributed by atoms with Crippen LogP contribution < -0.4 is 10.5 Å². The van der Waals surface area contributed by atoms with E-state index in [4.69, 9.17) is 27.3 Å². The lowest BCUT2D eigenvalue weighted by atomic mass is 10.2. The minimum atomic E-state index is -1.14. The average molecular weight is 299 g/mol. The summed E-state index contributed by atoms with van der Waals surface area (Å²) in [6, 6.07) is 7.96. The van der Waals surface area contributed by atoms with Crippen molar-refractivity contribution in [1.82, 2.24) is 0 Å². The van der Waals surface area contributed by atoms with E-state index in [1.54, 1.807) is 0 Å². The molecule has 0 radical (unpaired) electrons. The molecule has 2 aromatic rings. The van der Waals surface area contributed by atoms with Crippen LogP contribution in [-0.4, -0.2) is 11.0 Å². The van der Waals surface area contributed by atoms with Gasteiger partial charge in [0.2, 0.25) is 5.82 Å². The third-order valence-corrected chi connectivity index (χ3v) is 2.79. The van der Waals surface area contributed by atoms with Crippen LogP contribution in [0, 0.1) is 11.6 Å². The standard InChI is InChI=1S/C13H9ClF2N2O2/c14-7-3-1-5-9(11(7)13(17)18-19)20-10-6-2-4-8(15)12(10)16/h1-6,19H,(H2,17,18). The van der Waals surface area contributed by atoms with Crippen LogP contribution in [0.2, 0.25) is 5.02 Å². The predicted molar refractivity (Wildman–Crippen MR) is 70.4 cm³/mol. The predicted octanol–water partition coefficient (Wildman–Crippen LogP) is 3.51. The molecule has 0 heterocycles. The molecular weight excluding hydrogens is 290 g/mol. The Morgan fingerprint density at radius 1 is 1.15 bits per heavy atom. The Balaban J connectivity index is 2.49. The van der Waals surface area contributed by atoms with Crippen LogP contribution >= 0.6 is 11.6 Å². The van der Waals surface area contributed by atoms with Crippen molar-refractivity contribution in [3.05, 3.63) is 58.6 Å². The van der Waals surface area contributed by atoms with Crippen LogP contribution in [0.1, 0.15) is 5.56 Å². The first kappa shape index (κ1) is 14.1. The molecule has 3 N–H and O–H groups in total. The second-order valence-corrected chi connectivity index (χ2v) is 4.16. The molecule has 0 bridgehead atoms. The zero-order valence-corrected chi connectivity index (χ0v) is 10.7. The second-order valence-electron chi connectivity index (χ2n) is 3.75. The van der Waals surface area contributed by atoms with Crippen LogP contribution in [0.4, 0.5) is 8.78 Å². The highest BCUT2D eigenvalue weighted by Gasteiger charge is 2.16. The summed E-state index contributed by atoms with van der Waals surface area (Å²) in [7, 11) is 0. The number of nitrogens with two attached hydrogens (primary N) is 1. The molecule has 0 aliphatic rings. The van der Waals surface area contributed by atoms with E-state index >= 15 is 0 Å². The van der Waals surface area contributed by atoms with Crippen LogP contribution in [0.5, 0.6) is 11.5 Å². The van der Waals surface area contributed by atoms with Gasteiger partial charge in [-0.15, -0.1) is 0 Å². The summed E-state index contributed by atoms with van der Waals surface area (Å²) in [5, 5.41) is 11.7. The van der Waals surface area contributed by atoms with E-state index in [9.17, 15) is 8.78 Å². The summed E-state index contributed by atoms with van der Waals surface area (Å²) in [4.78, 5) is 0. The van der Waals surface area contributed by atoms with Gasteiger partial charge in [-0.1, -0.05) is 28.9 Å². The Morgan fingerprint density at radius 3 is 2.50 bits per heavy atom. The molecule has 0 aromatic heterocycles. The summed E-state index contributed by atoms with van der Waals surface area (Å²) < 4.78 is 31.9. The number of ether oxygens (including phenoxy) is 1. The summed E-state index contributed by atoms with van der Waals surface area (Å²) >= 11 is 5.92. The van der Waals surface area contributed by atoms with E-state index in [0.717, 1.165) is 6.07 Å².